The fourth-order valence-corrected chi connectivity index (χ4v) is 4.31. The van der Waals surface area contributed by atoms with Crippen molar-refractivity contribution in [3.63, 3.8) is 0 Å². The Balaban J connectivity index is 0. The number of anilines is 1. The maximum Gasteiger partial charge on any atom is 0.373 e. The molecule has 6 rings (SSSR count). The quantitative estimate of drug-likeness (QED) is 0.0350. The lowest BCUT2D eigenvalue weighted by Gasteiger charge is -2.02. The Bertz CT molecular complexity index is 2690. The van der Waals surface area contributed by atoms with Crippen molar-refractivity contribution >= 4 is 59.7 Å². The van der Waals surface area contributed by atoms with Gasteiger partial charge in [0.15, 0.2) is 0 Å². The molecule has 4 aromatic carbocycles. The standard InChI is InChI=1S/C10H8N2O3.C10H12N2O3.C10H10N2O.C7H5NO3.C4H9NO3.3CO2/c1-7-6-15-10(11-7)8-3-2-4-9(5-8)12(13)14;1-8(7-13)11-6-9-3-2-4-10(5-9)12(14)15;1-7-6-13-10(12-7)8-3-2-4-9(11)5-8;9-5-6-2-1-3-7(4-6)8(10)11;1-8-4(7)3(5)2-6;3*2-1-3/h2-6H,1H3;2-6,8,13H,7H2,1H3;2-6H,11H2,1H3;1-5H;3,6H,2,5H2,1H3;;;. The zero-order chi connectivity index (χ0) is 54.3. The number of aldehydes is 1. The van der Waals surface area contributed by atoms with Crippen molar-refractivity contribution in [2.45, 2.75) is 32.9 Å². The highest BCUT2D eigenvalue weighted by Gasteiger charge is 2.11. The van der Waals surface area contributed by atoms with Crippen LogP contribution in [0.1, 0.15) is 34.2 Å². The Labute approximate surface area is 400 Å². The van der Waals surface area contributed by atoms with Gasteiger partial charge in [0.1, 0.15) is 24.9 Å². The second-order valence-electron chi connectivity index (χ2n) is 12.7. The fourth-order valence-electron chi connectivity index (χ4n) is 4.31. The van der Waals surface area contributed by atoms with Crippen molar-refractivity contribution in [1.82, 2.24) is 9.97 Å². The molecule has 6 aromatic rings. The molecule has 0 radical (unpaired) electrons. The number of benzene rings is 4. The molecule has 0 aliphatic rings. The highest BCUT2D eigenvalue weighted by atomic mass is 16.6. The first-order valence-corrected chi connectivity index (χ1v) is 19.2. The SMILES string of the molecule is CC(CO)N=Cc1cccc([N+](=O)[O-])c1.COC(=O)C(N)CO.Cc1coc(-c2cccc(N)c2)n1.Cc1coc(-c2cccc([N+](=O)[O-])c2)n1.O=C=O.O=C=O.O=C=O.O=Cc1cccc([N+](=O)[O-])c1. The number of carbonyl (C=O) groups excluding carboxylic acids is 8. The van der Waals surface area contributed by atoms with Crippen molar-refractivity contribution in [3.8, 4) is 22.9 Å². The van der Waals surface area contributed by atoms with Gasteiger partial charge in [-0.1, -0.05) is 36.4 Å². The lowest BCUT2D eigenvalue weighted by atomic mass is 10.2. The van der Waals surface area contributed by atoms with E-state index in [0.29, 0.717) is 40.4 Å². The number of nitrogen functional groups attached to an aromatic ring is 1. The highest BCUT2D eigenvalue weighted by molar-refractivity contribution is 5.80. The molecule has 0 bridgehead atoms. The van der Waals surface area contributed by atoms with Gasteiger partial charge in [0, 0.05) is 65.0 Å². The van der Waals surface area contributed by atoms with Crippen LogP contribution < -0.4 is 11.5 Å². The molecule has 71 heavy (non-hydrogen) atoms. The van der Waals surface area contributed by atoms with Crippen LogP contribution in [0.2, 0.25) is 0 Å². The van der Waals surface area contributed by atoms with E-state index < -0.39 is 26.8 Å². The summed E-state index contributed by atoms with van der Waals surface area (Å²) in [6, 6.07) is 24.3. The summed E-state index contributed by atoms with van der Waals surface area (Å²) < 4.78 is 14.6. The summed E-state index contributed by atoms with van der Waals surface area (Å²) >= 11 is 0. The minimum Gasteiger partial charge on any atom is -0.468 e. The number of rotatable bonds is 11. The van der Waals surface area contributed by atoms with E-state index in [9.17, 15) is 39.9 Å². The van der Waals surface area contributed by atoms with Gasteiger partial charge in [-0.3, -0.25) is 44.9 Å². The number of aliphatic hydroxyl groups excluding tert-OH is 2. The van der Waals surface area contributed by atoms with E-state index in [1.807, 2.05) is 31.2 Å². The van der Waals surface area contributed by atoms with Gasteiger partial charge in [-0.05, 0) is 50.6 Å². The average molecular weight is 989 g/mol. The molecule has 2 unspecified atom stereocenters. The number of non-ortho nitro benzene ring substituents is 3. The molecule has 2 aromatic heterocycles. The third-order valence-corrected chi connectivity index (χ3v) is 7.42. The summed E-state index contributed by atoms with van der Waals surface area (Å²) in [5.41, 5.74) is 15.5. The summed E-state index contributed by atoms with van der Waals surface area (Å²) in [7, 11) is 1.22. The normalized spacial score (nSPS) is 9.96. The lowest BCUT2D eigenvalue weighted by molar-refractivity contribution is -0.385. The zero-order valence-electron chi connectivity index (χ0n) is 37.8. The van der Waals surface area contributed by atoms with Crippen molar-refractivity contribution in [1.29, 1.82) is 0 Å². The molecule has 27 heteroatoms. The summed E-state index contributed by atoms with van der Waals surface area (Å²) in [5.74, 6) is 0.425. The van der Waals surface area contributed by atoms with Crippen LogP contribution >= 0.6 is 0 Å². The van der Waals surface area contributed by atoms with Crippen molar-refractivity contribution < 1.29 is 76.9 Å². The molecule has 0 aliphatic heterocycles. The number of nitrogens with two attached hydrogens (primary N) is 2. The van der Waals surface area contributed by atoms with Crippen LogP contribution in [0.3, 0.4) is 0 Å². The van der Waals surface area contributed by atoms with Gasteiger partial charge < -0.3 is 35.3 Å². The van der Waals surface area contributed by atoms with Gasteiger partial charge in [0.05, 0.1) is 52.5 Å². The number of nitro benzene ring substituents is 3. The predicted octanol–water partition coefficient (Wildman–Crippen LogP) is 4.32. The number of esters is 1. The minimum absolute atomic E-state index is 0.0309. The smallest absolute Gasteiger partial charge is 0.373 e. The number of aryl methyl sites for hydroxylation is 2. The molecule has 6 N–H and O–H groups in total. The number of oxazole rings is 2. The maximum atomic E-state index is 10.5. The Morgan fingerprint density at radius 2 is 1.10 bits per heavy atom. The zero-order valence-corrected chi connectivity index (χ0v) is 37.8. The lowest BCUT2D eigenvalue weighted by Crippen LogP contribution is -2.34. The molecule has 0 aliphatic carbocycles. The molecule has 0 saturated heterocycles. The van der Waals surface area contributed by atoms with Crippen LogP contribution in [-0.4, -0.2) is 104 Å². The molecule has 0 saturated carbocycles. The predicted molar refractivity (Wildman–Crippen MR) is 242 cm³/mol. The Morgan fingerprint density at radius 3 is 1.45 bits per heavy atom. The number of aliphatic imine (C=N–C) groups is 1. The molecule has 0 amide bonds. The molecular weight excluding hydrogens is 945 g/mol. The first kappa shape index (κ1) is 63.2. The van der Waals surface area contributed by atoms with E-state index in [-0.39, 0.29) is 54.8 Å². The largest absolute Gasteiger partial charge is 0.468 e. The Kier molecular flexibility index (Phi) is 33.2. The van der Waals surface area contributed by atoms with Crippen LogP contribution in [-0.2, 0) is 38.3 Å². The third-order valence-electron chi connectivity index (χ3n) is 7.42. The Morgan fingerprint density at radius 1 is 0.704 bits per heavy atom. The molecule has 0 spiro atoms. The first-order valence-electron chi connectivity index (χ1n) is 19.2. The summed E-state index contributed by atoms with van der Waals surface area (Å²) in [4.78, 5) is 111. The van der Waals surface area contributed by atoms with Gasteiger partial charge in [0.2, 0.25) is 11.8 Å². The molecule has 2 atom stereocenters. The van der Waals surface area contributed by atoms with Crippen molar-refractivity contribution in [2.75, 3.05) is 26.1 Å². The number of hydrogen-bond donors (Lipinski definition) is 4. The van der Waals surface area contributed by atoms with Gasteiger partial charge in [-0.15, -0.1) is 0 Å². The topological polar surface area (TPSA) is 432 Å². The summed E-state index contributed by atoms with van der Waals surface area (Å²) in [6.45, 7) is 5.04. The van der Waals surface area contributed by atoms with E-state index in [1.165, 1.54) is 68.1 Å². The van der Waals surface area contributed by atoms with E-state index in [1.54, 1.807) is 44.4 Å². The molecule has 374 valence electrons. The van der Waals surface area contributed by atoms with Crippen LogP contribution in [0.5, 0.6) is 0 Å². The summed E-state index contributed by atoms with van der Waals surface area (Å²) in [5, 5.41) is 48.1. The molecule has 27 nitrogen and oxygen atoms in total. The van der Waals surface area contributed by atoms with E-state index in [2.05, 4.69) is 19.7 Å². The van der Waals surface area contributed by atoms with Crippen molar-refractivity contribution in [2.24, 2.45) is 10.7 Å². The minimum atomic E-state index is -0.889. The van der Waals surface area contributed by atoms with E-state index in [4.69, 9.17) is 59.3 Å². The fraction of sp³-hybridized carbons (Fsp3) is 0.182. The monoisotopic (exact) mass is 988 g/mol. The van der Waals surface area contributed by atoms with Crippen molar-refractivity contribution in [3.05, 3.63) is 162 Å². The number of nitro groups is 3. The highest BCUT2D eigenvalue weighted by Crippen LogP contribution is 2.23. The van der Waals surface area contributed by atoms with Crippen LogP contribution in [0.15, 0.2) is 123 Å². The second kappa shape index (κ2) is 37.2. The second-order valence-corrected chi connectivity index (χ2v) is 12.7. The number of ether oxygens (including phenoxy) is 1. The number of methoxy groups -OCH3 is 1. The van der Waals surface area contributed by atoms with Crippen LogP contribution in [0.25, 0.3) is 22.9 Å². The van der Waals surface area contributed by atoms with Gasteiger partial charge in [-0.2, -0.15) is 28.8 Å². The third kappa shape index (κ3) is 28.0. The average Bonchev–Trinajstić information content (AvgIpc) is 4.02. The number of hydrogen-bond acceptors (Lipinski definition) is 24. The number of nitrogens with zero attached hydrogens (tertiary/aromatic N) is 6. The first-order chi connectivity index (χ1) is 33.7. The number of aliphatic hydroxyl groups is 2. The Hall–Kier alpha value is -9.87. The van der Waals surface area contributed by atoms with E-state index in [0.717, 1.165) is 17.0 Å². The molecule has 0 fully saturated rings. The maximum absolute atomic E-state index is 10.5. The van der Waals surface area contributed by atoms with Gasteiger partial charge in [0.25, 0.3) is 17.1 Å². The van der Waals surface area contributed by atoms with Gasteiger partial charge >= 0.3 is 24.4 Å². The number of carbonyl (C=O) groups is 2. The van der Waals surface area contributed by atoms with Crippen LogP contribution in [0.4, 0.5) is 22.7 Å². The molecular formula is C44H44N8O19. The molecule has 2 heterocycles. The number of aromatic nitrogens is 2. The van der Waals surface area contributed by atoms with E-state index >= 15 is 0 Å². The van der Waals surface area contributed by atoms with Crippen LogP contribution in [0, 0.1) is 44.2 Å². The van der Waals surface area contributed by atoms with Gasteiger partial charge in [-0.25, -0.2) is 9.97 Å². The summed E-state index contributed by atoms with van der Waals surface area (Å²) in [6.07, 6.45) is 5.98.